The van der Waals surface area contributed by atoms with E-state index in [1.165, 1.54) is 5.56 Å². The van der Waals surface area contributed by atoms with Crippen molar-refractivity contribution in [2.45, 2.75) is 25.6 Å². The van der Waals surface area contributed by atoms with E-state index >= 15 is 0 Å². The first-order valence-corrected chi connectivity index (χ1v) is 10.9. The Labute approximate surface area is 190 Å². The summed E-state index contributed by atoms with van der Waals surface area (Å²) >= 11 is 0. The van der Waals surface area contributed by atoms with Gasteiger partial charge in [-0.2, -0.15) is 0 Å². The van der Waals surface area contributed by atoms with Crippen molar-refractivity contribution in [1.29, 1.82) is 0 Å². The minimum Gasteiger partial charge on any atom is -0.493 e. The van der Waals surface area contributed by atoms with Gasteiger partial charge in [0, 0.05) is 44.5 Å². The van der Waals surface area contributed by atoms with E-state index in [-0.39, 0.29) is 6.61 Å². The minimum absolute atomic E-state index is 0.200. The van der Waals surface area contributed by atoms with Crippen LogP contribution in [0.15, 0.2) is 72.9 Å². The molecule has 1 atom stereocenters. The van der Waals surface area contributed by atoms with Crippen LogP contribution in [0.4, 0.5) is 0 Å². The summed E-state index contributed by atoms with van der Waals surface area (Å²) < 4.78 is 11.3. The Bertz CT molecular complexity index is 922. The summed E-state index contributed by atoms with van der Waals surface area (Å²) in [7, 11) is 3.62. The van der Waals surface area contributed by atoms with Gasteiger partial charge in [-0.3, -0.25) is 9.88 Å². The molecule has 3 rings (SSSR count). The fourth-order valence-electron chi connectivity index (χ4n) is 3.50. The summed E-state index contributed by atoms with van der Waals surface area (Å²) in [5.41, 5.74) is 3.38. The third kappa shape index (κ3) is 7.96. The minimum atomic E-state index is -0.603. The summed E-state index contributed by atoms with van der Waals surface area (Å²) in [6, 6.07) is 22.1. The van der Waals surface area contributed by atoms with Crippen LogP contribution in [-0.4, -0.2) is 54.9 Å². The Hall–Kier alpha value is -2.93. The second kappa shape index (κ2) is 12.8. The summed E-state index contributed by atoms with van der Waals surface area (Å²) in [6.45, 7) is 3.06. The molecule has 0 aliphatic heterocycles. The third-order valence-corrected chi connectivity index (χ3v) is 5.09. The van der Waals surface area contributed by atoms with Gasteiger partial charge in [0.25, 0.3) is 0 Å². The second-order valence-corrected chi connectivity index (χ2v) is 7.88. The average Bonchev–Trinajstić information content (AvgIpc) is 2.82. The molecule has 170 valence electrons. The Balaban J connectivity index is 1.45. The summed E-state index contributed by atoms with van der Waals surface area (Å²) in [5.74, 6) is 1.30. The maximum Gasteiger partial charge on any atom is 0.161 e. The Morgan fingerprint density at radius 1 is 1.00 bits per heavy atom. The molecule has 6 nitrogen and oxygen atoms in total. The predicted molar refractivity (Wildman–Crippen MR) is 127 cm³/mol. The number of ether oxygens (including phenoxy) is 2. The monoisotopic (exact) mass is 435 g/mol. The van der Waals surface area contributed by atoms with Gasteiger partial charge in [-0.05, 0) is 42.4 Å². The molecule has 0 saturated carbocycles. The number of nitrogens with zero attached hydrogens (tertiary/aromatic N) is 2. The number of nitrogens with one attached hydrogen (secondary N) is 1. The lowest BCUT2D eigenvalue weighted by Gasteiger charge is -2.21. The number of methoxy groups -OCH3 is 1. The van der Waals surface area contributed by atoms with Gasteiger partial charge in [0.05, 0.1) is 7.11 Å². The zero-order valence-corrected chi connectivity index (χ0v) is 18.9. The van der Waals surface area contributed by atoms with Crippen molar-refractivity contribution in [3.05, 3.63) is 89.7 Å². The highest BCUT2D eigenvalue weighted by molar-refractivity contribution is 5.43. The number of hydrogen-bond acceptors (Lipinski definition) is 6. The first-order chi connectivity index (χ1) is 15.6. The predicted octanol–water partition coefficient (Wildman–Crippen LogP) is 3.29. The molecule has 1 aromatic heterocycles. The molecule has 3 aromatic rings. The number of benzene rings is 2. The van der Waals surface area contributed by atoms with E-state index in [4.69, 9.17) is 9.47 Å². The molecule has 0 radical (unpaired) electrons. The lowest BCUT2D eigenvalue weighted by Crippen LogP contribution is -2.32. The average molecular weight is 436 g/mol. The van der Waals surface area contributed by atoms with Crippen molar-refractivity contribution in [1.82, 2.24) is 15.2 Å². The largest absolute Gasteiger partial charge is 0.493 e. The topological polar surface area (TPSA) is 66.8 Å². The van der Waals surface area contributed by atoms with Crippen molar-refractivity contribution >= 4 is 0 Å². The molecule has 2 N–H and O–H groups in total. The molecule has 6 heteroatoms. The Kier molecular flexibility index (Phi) is 9.50. The van der Waals surface area contributed by atoms with Crippen LogP contribution in [0.25, 0.3) is 0 Å². The summed E-state index contributed by atoms with van der Waals surface area (Å²) in [4.78, 5) is 6.43. The molecule has 2 aromatic carbocycles. The number of likely N-dealkylation sites (N-methyl/N-ethyl adjacent to an activating group) is 1. The molecule has 0 saturated heterocycles. The van der Waals surface area contributed by atoms with E-state index in [1.54, 1.807) is 7.11 Å². The van der Waals surface area contributed by atoms with Crippen molar-refractivity contribution in [3.8, 4) is 11.5 Å². The van der Waals surface area contributed by atoms with Gasteiger partial charge < -0.3 is 19.9 Å². The number of rotatable bonds is 13. The number of hydrogen-bond donors (Lipinski definition) is 2. The maximum absolute atomic E-state index is 10.4. The number of aromatic nitrogens is 1. The van der Waals surface area contributed by atoms with Gasteiger partial charge in [-0.25, -0.2) is 0 Å². The molecule has 0 spiro atoms. The Morgan fingerprint density at radius 3 is 2.56 bits per heavy atom. The van der Waals surface area contributed by atoms with Crippen molar-refractivity contribution in [2.75, 3.05) is 33.9 Å². The van der Waals surface area contributed by atoms with Crippen LogP contribution < -0.4 is 14.8 Å². The maximum atomic E-state index is 10.4. The van der Waals surface area contributed by atoms with Crippen LogP contribution in [0.1, 0.15) is 16.8 Å². The van der Waals surface area contributed by atoms with E-state index < -0.39 is 6.10 Å². The first kappa shape index (κ1) is 23.7. The van der Waals surface area contributed by atoms with Crippen molar-refractivity contribution < 1.29 is 14.6 Å². The molecule has 0 aliphatic rings. The molecular weight excluding hydrogens is 402 g/mol. The van der Waals surface area contributed by atoms with E-state index in [0.29, 0.717) is 18.0 Å². The molecule has 0 bridgehead atoms. The molecular formula is C26H33N3O3. The van der Waals surface area contributed by atoms with Crippen LogP contribution in [0.3, 0.4) is 0 Å². The summed E-state index contributed by atoms with van der Waals surface area (Å²) in [5, 5.41) is 13.9. The van der Waals surface area contributed by atoms with Crippen LogP contribution in [0.5, 0.6) is 11.5 Å². The van der Waals surface area contributed by atoms with Crippen molar-refractivity contribution in [2.24, 2.45) is 0 Å². The highest BCUT2D eigenvalue weighted by Gasteiger charge is 2.12. The molecule has 0 fully saturated rings. The molecule has 1 heterocycles. The highest BCUT2D eigenvalue weighted by atomic mass is 16.5. The number of aliphatic hydroxyl groups is 1. The number of pyridine rings is 1. The van der Waals surface area contributed by atoms with Gasteiger partial charge in [0.1, 0.15) is 12.7 Å². The lowest BCUT2D eigenvalue weighted by molar-refractivity contribution is 0.0732. The van der Waals surface area contributed by atoms with Gasteiger partial charge in [-0.1, -0.05) is 42.5 Å². The second-order valence-electron chi connectivity index (χ2n) is 7.88. The van der Waals surface area contributed by atoms with E-state index in [2.05, 4.69) is 27.3 Å². The van der Waals surface area contributed by atoms with E-state index in [1.807, 2.05) is 67.8 Å². The summed E-state index contributed by atoms with van der Waals surface area (Å²) in [6.07, 6.45) is 2.09. The van der Waals surface area contributed by atoms with Crippen LogP contribution in [-0.2, 0) is 19.5 Å². The standard InChI is InChI=1S/C26H33N3O3/c1-29(18-21-8-4-3-5-9-21)19-24(30)20-32-26-16-22(11-12-25(26)31-2)17-27-15-13-23-10-6-7-14-28-23/h3-12,14,16,24,27,30H,13,15,17-20H2,1-2H3/t24-/m0/s1. The fourth-order valence-corrected chi connectivity index (χ4v) is 3.50. The van der Waals surface area contributed by atoms with Gasteiger partial charge in [0.2, 0.25) is 0 Å². The highest BCUT2D eigenvalue weighted by Crippen LogP contribution is 2.28. The quantitative estimate of drug-likeness (QED) is 0.402. The zero-order valence-electron chi connectivity index (χ0n) is 18.9. The smallest absolute Gasteiger partial charge is 0.161 e. The molecule has 0 unspecified atom stereocenters. The molecule has 32 heavy (non-hydrogen) atoms. The molecule has 0 amide bonds. The van der Waals surface area contributed by atoms with Crippen LogP contribution in [0.2, 0.25) is 0 Å². The van der Waals surface area contributed by atoms with Crippen LogP contribution in [0, 0.1) is 0 Å². The lowest BCUT2D eigenvalue weighted by atomic mass is 10.2. The first-order valence-electron chi connectivity index (χ1n) is 10.9. The van der Waals surface area contributed by atoms with Crippen LogP contribution >= 0.6 is 0 Å². The normalized spacial score (nSPS) is 12.0. The van der Waals surface area contributed by atoms with Gasteiger partial charge in [-0.15, -0.1) is 0 Å². The Morgan fingerprint density at radius 2 is 1.81 bits per heavy atom. The van der Waals surface area contributed by atoms with Crippen molar-refractivity contribution in [3.63, 3.8) is 0 Å². The number of aliphatic hydroxyl groups excluding tert-OH is 1. The zero-order chi connectivity index (χ0) is 22.6. The van der Waals surface area contributed by atoms with Gasteiger partial charge in [0.15, 0.2) is 11.5 Å². The van der Waals surface area contributed by atoms with E-state index in [9.17, 15) is 5.11 Å². The fraction of sp³-hybridized carbons (Fsp3) is 0.346. The van der Waals surface area contributed by atoms with Gasteiger partial charge >= 0.3 is 0 Å². The third-order valence-electron chi connectivity index (χ3n) is 5.09. The van der Waals surface area contributed by atoms with E-state index in [0.717, 1.165) is 37.3 Å². The molecule has 0 aliphatic carbocycles. The SMILES string of the molecule is COc1ccc(CNCCc2ccccn2)cc1OC[C@@H](O)CN(C)Cc1ccccc1.